The number of hydrogen-bond acceptors (Lipinski definition) is 6. The molecule has 0 aliphatic heterocycles. The molecule has 0 aliphatic carbocycles. The molecule has 0 unspecified atom stereocenters. The first-order chi connectivity index (χ1) is 15.5. The monoisotopic (exact) mass is 450 g/mol. The highest BCUT2D eigenvalue weighted by molar-refractivity contribution is 6.01. The van der Waals surface area contributed by atoms with E-state index in [1.54, 1.807) is 12.1 Å². The summed E-state index contributed by atoms with van der Waals surface area (Å²) in [4.78, 5) is 24.4. The van der Waals surface area contributed by atoms with Crippen molar-refractivity contribution in [3.63, 3.8) is 0 Å². The first kappa shape index (κ1) is 25.5. The third-order valence-electron chi connectivity index (χ3n) is 4.58. The van der Waals surface area contributed by atoms with E-state index >= 15 is 0 Å². The van der Waals surface area contributed by atoms with Crippen LogP contribution in [0.3, 0.4) is 0 Å². The first-order valence-electron chi connectivity index (χ1n) is 10.6. The molecule has 7 nitrogen and oxygen atoms in total. The molecule has 0 saturated heterocycles. The number of carbonyl (C=O) groups is 2. The average Bonchev–Trinajstić information content (AvgIpc) is 2.76. The fourth-order valence-electron chi connectivity index (χ4n) is 2.86. The lowest BCUT2D eigenvalue weighted by molar-refractivity contribution is -0.136. The van der Waals surface area contributed by atoms with Gasteiger partial charge in [-0.1, -0.05) is 39.0 Å². The SMILES string of the molecule is COc1cc(/C=C(\C#N)C(=O)NC(C)C)ccc1OC(=O)COc1ccc(C(C)(C)C)cc1. The van der Waals surface area contributed by atoms with Crippen molar-refractivity contribution in [2.75, 3.05) is 13.7 Å². The molecule has 174 valence electrons. The number of nitrogens with zero attached hydrogens (tertiary/aromatic N) is 1. The summed E-state index contributed by atoms with van der Waals surface area (Å²) in [5, 5.41) is 12.0. The molecule has 0 bridgehead atoms. The number of amides is 1. The number of benzene rings is 2. The van der Waals surface area contributed by atoms with Crippen LogP contribution in [0.4, 0.5) is 0 Å². The van der Waals surface area contributed by atoms with Crippen molar-refractivity contribution in [1.82, 2.24) is 5.32 Å². The molecule has 1 N–H and O–H groups in total. The summed E-state index contributed by atoms with van der Waals surface area (Å²) < 4.78 is 16.2. The van der Waals surface area contributed by atoms with Crippen LogP contribution in [0.1, 0.15) is 45.7 Å². The maximum Gasteiger partial charge on any atom is 0.349 e. The van der Waals surface area contributed by atoms with Crippen molar-refractivity contribution in [1.29, 1.82) is 5.26 Å². The lowest BCUT2D eigenvalue weighted by Crippen LogP contribution is -2.30. The van der Waals surface area contributed by atoms with Gasteiger partial charge in [0, 0.05) is 6.04 Å². The van der Waals surface area contributed by atoms with Crippen molar-refractivity contribution in [2.45, 2.75) is 46.1 Å². The predicted octanol–water partition coefficient (Wildman–Crippen LogP) is 4.41. The van der Waals surface area contributed by atoms with Gasteiger partial charge in [0.2, 0.25) is 0 Å². The molecule has 0 atom stereocenters. The molecule has 0 radical (unpaired) electrons. The summed E-state index contributed by atoms with van der Waals surface area (Å²) in [7, 11) is 1.43. The molecular formula is C26H30N2O5. The van der Waals surface area contributed by atoms with Gasteiger partial charge in [-0.2, -0.15) is 5.26 Å². The molecule has 0 saturated carbocycles. The van der Waals surface area contributed by atoms with Gasteiger partial charge in [0.1, 0.15) is 17.4 Å². The van der Waals surface area contributed by atoms with Gasteiger partial charge in [0.05, 0.1) is 7.11 Å². The second-order valence-electron chi connectivity index (χ2n) is 8.75. The second-order valence-corrected chi connectivity index (χ2v) is 8.75. The molecule has 1 amide bonds. The van der Waals surface area contributed by atoms with Gasteiger partial charge in [0.25, 0.3) is 5.91 Å². The number of carbonyl (C=O) groups excluding carboxylic acids is 2. The third kappa shape index (κ3) is 7.69. The van der Waals surface area contributed by atoms with Crippen molar-refractivity contribution in [3.05, 3.63) is 59.2 Å². The van der Waals surface area contributed by atoms with Crippen LogP contribution in [-0.4, -0.2) is 31.6 Å². The Hall–Kier alpha value is -3.79. The highest BCUT2D eigenvalue weighted by Crippen LogP contribution is 2.29. The van der Waals surface area contributed by atoms with E-state index in [-0.39, 0.29) is 35.1 Å². The van der Waals surface area contributed by atoms with Gasteiger partial charge in [0.15, 0.2) is 18.1 Å². The van der Waals surface area contributed by atoms with E-state index in [1.807, 2.05) is 44.2 Å². The Balaban J connectivity index is 2.06. The number of rotatable bonds is 8. The van der Waals surface area contributed by atoms with Crippen molar-refractivity contribution >= 4 is 18.0 Å². The minimum absolute atomic E-state index is 0.0294. The van der Waals surface area contributed by atoms with Crippen LogP contribution in [0.5, 0.6) is 17.2 Å². The lowest BCUT2D eigenvalue weighted by Gasteiger charge is -2.19. The summed E-state index contributed by atoms with van der Waals surface area (Å²) in [6.45, 7) is 9.71. The van der Waals surface area contributed by atoms with Gasteiger partial charge in [-0.05, 0) is 60.7 Å². The minimum Gasteiger partial charge on any atom is -0.493 e. The first-order valence-corrected chi connectivity index (χ1v) is 10.6. The van der Waals surface area contributed by atoms with Crippen LogP contribution in [0.2, 0.25) is 0 Å². The zero-order chi connectivity index (χ0) is 24.6. The fourth-order valence-corrected chi connectivity index (χ4v) is 2.86. The number of esters is 1. The summed E-state index contributed by atoms with van der Waals surface area (Å²) in [6.07, 6.45) is 1.44. The average molecular weight is 451 g/mol. The molecule has 0 aliphatic rings. The Labute approximate surface area is 195 Å². The molecular weight excluding hydrogens is 420 g/mol. The predicted molar refractivity (Wildman–Crippen MR) is 126 cm³/mol. The van der Waals surface area contributed by atoms with Gasteiger partial charge in [-0.3, -0.25) is 4.79 Å². The quantitative estimate of drug-likeness (QED) is 0.277. The van der Waals surface area contributed by atoms with Crippen LogP contribution >= 0.6 is 0 Å². The molecule has 0 aromatic heterocycles. The Bertz CT molecular complexity index is 1060. The summed E-state index contributed by atoms with van der Waals surface area (Å²) in [5.41, 5.74) is 1.71. The topological polar surface area (TPSA) is 97.6 Å². The van der Waals surface area contributed by atoms with Crippen molar-refractivity contribution < 1.29 is 23.8 Å². The standard InChI is InChI=1S/C26H30N2O5/c1-17(2)28-25(30)19(15-27)13-18-7-12-22(23(14-18)31-6)33-24(29)16-32-21-10-8-20(9-11-21)26(3,4)5/h7-14,17H,16H2,1-6H3,(H,28,30)/b19-13+. The van der Waals surface area contributed by atoms with E-state index in [0.717, 1.165) is 5.56 Å². The minimum atomic E-state index is -0.592. The van der Waals surface area contributed by atoms with Crippen LogP contribution < -0.4 is 19.5 Å². The Morgan fingerprint density at radius 1 is 1.09 bits per heavy atom. The molecule has 0 spiro atoms. The maximum atomic E-state index is 12.3. The number of ether oxygens (including phenoxy) is 3. The van der Waals surface area contributed by atoms with Gasteiger partial charge >= 0.3 is 5.97 Å². The third-order valence-corrected chi connectivity index (χ3v) is 4.58. The van der Waals surface area contributed by atoms with E-state index in [1.165, 1.54) is 19.3 Å². The summed E-state index contributed by atoms with van der Waals surface area (Å²) in [6, 6.07) is 14.1. The summed E-state index contributed by atoms with van der Waals surface area (Å²) in [5.74, 6) is 0.000864. The largest absolute Gasteiger partial charge is 0.493 e. The molecule has 33 heavy (non-hydrogen) atoms. The molecule has 0 fully saturated rings. The van der Waals surface area contributed by atoms with Crippen LogP contribution in [0.15, 0.2) is 48.0 Å². The number of nitriles is 1. The number of nitrogens with one attached hydrogen (secondary N) is 1. The zero-order valence-corrected chi connectivity index (χ0v) is 19.9. The Morgan fingerprint density at radius 3 is 2.30 bits per heavy atom. The molecule has 0 heterocycles. The van der Waals surface area contributed by atoms with Crippen molar-refractivity contribution in [2.24, 2.45) is 0 Å². The van der Waals surface area contributed by atoms with E-state index in [4.69, 9.17) is 14.2 Å². The summed E-state index contributed by atoms with van der Waals surface area (Å²) >= 11 is 0. The van der Waals surface area contributed by atoms with E-state index < -0.39 is 11.9 Å². The second kappa shape index (κ2) is 11.2. The van der Waals surface area contributed by atoms with Crippen molar-refractivity contribution in [3.8, 4) is 23.3 Å². The van der Waals surface area contributed by atoms with Crippen LogP contribution in [-0.2, 0) is 15.0 Å². The number of hydrogen-bond donors (Lipinski definition) is 1. The lowest BCUT2D eigenvalue weighted by atomic mass is 9.87. The van der Waals surface area contributed by atoms with E-state index in [2.05, 4.69) is 26.1 Å². The molecule has 2 aromatic rings. The van der Waals surface area contributed by atoms with E-state index in [0.29, 0.717) is 11.3 Å². The smallest absolute Gasteiger partial charge is 0.349 e. The highest BCUT2D eigenvalue weighted by Gasteiger charge is 2.15. The molecule has 2 aromatic carbocycles. The van der Waals surface area contributed by atoms with Crippen LogP contribution in [0.25, 0.3) is 6.08 Å². The van der Waals surface area contributed by atoms with Gasteiger partial charge in [-0.15, -0.1) is 0 Å². The zero-order valence-electron chi connectivity index (χ0n) is 19.9. The van der Waals surface area contributed by atoms with E-state index in [9.17, 15) is 14.9 Å². The fraction of sp³-hybridized carbons (Fsp3) is 0.346. The normalized spacial score (nSPS) is 11.5. The van der Waals surface area contributed by atoms with Gasteiger partial charge < -0.3 is 19.5 Å². The Kier molecular flexibility index (Phi) is 8.63. The van der Waals surface area contributed by atoms with Gasteiger partial charge in [-0.25, -0.2) is 4.79 Å². The Morgan fingerprint density at radius 2 is 1.76 bits per heavy atom. The maximum absolute atomic E-state index is 12.3. The molecule has 2 rings (SSSR count). The number of methoxy groups -OCH3 is 1. The van der Waals surface area contributed by atoms with Crippen LogP contribution in [0, 0.1) is 11.3 Å². The molecule has 7 heteroatoms. The highest BCUT2D eigenvalue weighted by atomic mass is 16.6.